The number of phosphoric ester groups is 1. The highest BCUT2D eigenvalue weighted by Crippen LogP contribution is 2.57. The molecule has 1 fully saturated rings. The summed E-state index contributed by atoms with van der Waals surface area (Å²) in [7, 11) is -10.6. The maximum Gasteiger partial charge on any atom is 0.481 e. The van der Waals surface area contributed by atoms with Crippen molar-refractivity contribution in [2.45, 2.75) is 37.5 Å². The van der Waals surface area contributed by atoms with Gasteiger partial charge in [-0.25, -0.2) is 13.9 Å². The largest absolute Gasteiger partial charge is 0.481 e. The molecule has 14 nitrogen and oxygen atoms in total. The molecule has 1 aromatic heterocycles. The summed E-state index contributed by atoms with van der Waals surface area (Å²) in [5.41, 5.74) is -0.528. The van der Waals surface area contributed by atoms with Crippen molar-refractivity contribution in [2.24, 2.45) is 0 Å². The quantitative estimate of drug-likeness (QED) is 0.261. The van der Waals surface area contributed by atoms with Crippen molar-refractivity contribution < 1.29 is 47.6 Å². The highest BCUT2D eigenvalue weighted by atomic mass is 31.3. The molecule has 33 heavy (non-hydrogen) atoms. The average molecular weight is 508 g/mol. The highest BCUT2D eigenvalue weighted by Gasteiger charge is 2.45. The number of aryl methyl sites for hydroxylation is 1. The molecule has 5 N–H and O–H groups in total. The second kappa shape index (κ2) is 10.1. The first-order valence-electron chi connectivity index (χ1n) is 9.50. The van der Waals surface area contributed by atoms with Gasteiger partial charge in [0.25, 0.3) is 5.56 Å². The normalized spacial score (nSPS) is 25.1. The SMILES string of the molecule is O=c1ccn([C@@H]2O[C@H](COP(=O)(O)OP(=O)(O)O)C(O)[C@@H]2O)c(=O)n1CCc1ccccc1. The van der Waals surface area contributed by atoms with E-state index in [1.54, 1.807) is 0 Å². The minimum absolute atomic E-state index is 0.0356. The molecule has 182 valence electrons. The third-order valence-corrected chi connectivity index (χ3v) is 6.94. The maximum absolute atomic E-state index is 12.9. The fourth-order valence-corrected chi connectivity index (χ4v) is 4.84. The highest BCUT2D eigenvalue weighted by molar-refractivity contribution is 7.60. The van der Waals surface area contributed by atoms with E-state index in [-0.39, 0.29) is 6.54 Å². The van der Waals surface area contributed by atoms with Gasteiger partial charge < -0.3 is 29.6 Å². The summed E-state index contributed by atoms with van der Waals surface area (Å²) in [5.74, 6) is 0. The van der Waals surface area contributed by atoms with Gasteiger partial charge in [-0.3, -0.25) is 18.5 Å². The molecule has 2 unspecified atom stereocenters. The van der Waals surface area contributed by atoms with Crippen molar-refractivity contribution in [1.82, 2.24) is 9.13 Å². The molecule has 0 radical (unpaired) electrons. The van der Waals surface area contributed by atoms with Crippen molar-refractivity contribution in [1.29, 1.82) is 0 Å². The summed E-state index contributed by atoms with van der Waals surface area (Å²) >= 11 is 0. The Balaban J connectivity index is 1.75. The third kappa shape index (κ3) is 6.55. The van der Waals surface area contributed by atoms with E-state index in [2.05, 4.69) is 8.83 Å². The van der Waals surface area contributed by atoms with Crippen molar-refractivity contribution in [2.75, 3.05) is 6.61 Å². The minimum Gasteiger partial charge on any atom is -0.387 e. The lowest BCUT2D eigenvalue weighted by atomic mass is 10.1. The smallest absolute Gasteiger partial charge is 0.387 e. The lowest BCUT2D eigenvalue weighted by Crippen LogP contribution is -2.43. The van der Waals surface area contributed by atoms with Crippen LogP contribution in [0.3, 0.4) is 0 Å². The zero-order valence-corrected chi connectivity index (χ0v) is 18.6. The minimum atomic E-state index is -5.35. The number of hydrogen-bond donors (Lipinski definition) is 5. The Labute approximate surface area is 186 Å². The van der Waals surface area contributed by atoms with Gasteiger partial charge >= 0.3 is 21.3 Å². The van der Waals surface area contributed by atoms with Crippen molar-refractivity contribution in [3.8, 4) is 0 Å². The van der Waals surface area contributed by atoms with Gasteiger partial charge in [0, 0.05) is 18.8 Å². The second-order valence-electron chi connectivity index (χ2n) is 7.11. The fraction of sp³-hybridized carbons (Fsp3) is 0.412. The summed E-state index contributed by atoms with van der Waals surface area (Å²) in [4.78, 5) is 51.6. The van der Waals surface area contributed by atoms with Crippen molar-refractivity contribution >= 4 is 15.6 Å². The van der Waals surface area contributed by atoms with Gasteiger partial charge in [0.05, 0.1) is 6.61 Å². The molecule has 1 aliphatic rings. The number of aliphatic hydroxyl groups is 2. The molecular weight excluding hydrogens is 486 g/mol. The molecule has 0 saturated carbocycles. The van der Waals surface area contributed by atoms with E-state index in [4.69, 9.17) is 14.5 Å². The topological polar surface area (TPSA) is 207 Å². The van der Waals surface area contributed by atoms with Crippen LogP contribution in [0.5, 0.6) is 0 Å². The molecule has 1 aromatic carbocycles. The van der Waals surface area contributed by atoms with Crippen LogP contribution in [0.4, 0.5) is 0 Å². The van der Waals surface area contributed by atoms with Crippen molar-refractivity contribution in [3.05, 3.63) is 69.0 Å². The van der Waals surface area contributed by atoms with Crippen LogP contribution in [0.15, 0.2) is 52.2 Å². The molecule has 16 heteroatoms. The summed E-state index contributed by atoms with van der Waals surface area (Å²) in [6.45, 7) is -0.876. The van der Waals surface area contributed by atoms with Gasteiger partial charge in [0.1, 0.15) is 18.3 Å². The maximum atomic E-state index is 12.9. The Hall–Kier alpha value is -1.96. The number of aromatic nitrogens is 2. The standard InChI is InChI=1S/C17H22N2O12P2/c20-13-7-9-19(17(23)18(13)8-6-11-4-2-1-3-5-11)16-15(22)14(21)12(30-16)10-29-33(27,28)31-32(24,25)26/h1-5,7,9,12,14-16,21-22H,6,8,10H2,(H,27,28)(H2,24,25,26)/t12-,14?,15+,16-/m1/s1. The molecule has 0 amide bonds. The number of phosphoric acid groups is 2. The van der Waals surface area contributed by atoms with Crippen LogP contribution >= 0.6 is 15.6 Å². The van der Waals surface area contributed by atoms with E-state index in [0.29, 0.717) is 6.42 Å². The summed E-state index contributed by atoms with van der Waals surface area (Å²) in [5, 5.41) is 20.5. The van der Waals surface area contributed by atoms with E-state index in [1.807, 2.05) is 30.3 Å². The van der Waals surface area contributed by atoms with Gasteiger partial charge in [-0.15, -0.1) is 0 Å². The van der Waals surface area contributed by atoms with Crippen LogP contribution in [-0.2, 0) is 35.7 Å². The molecular formula is C17H22N2O12P2. The van der Waals surface area contributed by atoms with E-state index in [1.165, 1.54) is 0 Å². The van der Waals surface area contributed by atoms with Crippen molar-refractivity contribution in [3.63, 3.8) is 0 Å². The van der Waals surface area contributed by atoms with Crippen LogP contribution in [-0.4, -0.2) is 58.9 Å². The summed E-state index contributed by atoms with van der Waals surface area (Å²) in [6, 6.07) is 10.2. The Bertz CT molecular complexity index is 1180. The molecule has 1 saturated heterocycles. The first-order valence-corrected chi connectivity index (χ1v) is 12.5. The van der Waals surface area contributed by atoms with Crippen LogP contribution in [0, 0.1) is 0 Å². The first kappa shape index (κ1) is 25.7. The number of benzene rings is 1. The number of rotatable bonds is 9. The Morgan fingerprint density at radius 1 is 1.00 bits per heavy atom. The number of hydrogen-bond acceptors (Lipinski definition) is 9. The van der Waals surface area contributed by atoms with E-state index < -0.39 is 58.0 Å². The van der Waals surface area contributed by atoms with Gasteiger partial charge in [0.2, 0.25) is 0 Å². The lowest BCUT2D eigenvalue weighted by molar-refractivity contribution is -0.0548. The average Bonchev–Trinajstić information content (AvgIpc) is 3.00. The van der Waals surface area contributed by atoms with Crippen LogP contribution in [0.2, 0.25) is 0 Å². The first-order chi connectivity index (χ1) is 15.4. The summed E-state index contributed by atoms with van der Waals surface area (Å²) < 4.78 is 37.5. The molecule has 0 bridgehead atoms. The molecule has 0 aliphatic carbocycles. The monoisotopic (exact) mass is 508 g/mol. The lowest BCUT2D eigenvalue weighted by Gasteiger charge is -2.19. The molecule has 2 aromatic rings. The second-order valence-corrected chi connectivity index (χ2v) is 9.94. The van der Waals surface area contributed by atoms with Gasteiger partial charge in [-0.1, -0.05) is 30.3 Å². The molecule has 1 aliphatic heterocycles. The predicted octanol–water partition coefficient (Wildman–Crippen LogP) is -0.902. The zero-order valence-electron chi connectivity index (χ0n) is 16.9. The van der Waals surface area contributed by atoms with Gasteiger partial charge in [-0.05, 0) is 12.0 Å². The van der Waals surface area contributed by atoms with E-state index in [9.17, 15) is 33.8 Å². The Morgan fingerprint density at radius 2 is 1.67 bits per heavy atom. The Kier molecular flexibility index (Phi) is 7.87. The Morgan fingerprint density at radius 3 is 2.30 bits per heavy atom. The third-order valence-electron chi connectivity index (χ3n) is 4.79. The number of nitrogens with zero attached hydrogens (tertiary/aromatic N) is 2. The van der Waals surface area contributed by atoms with E-state index >= 15 is 0 Å². The molecule has 5 atom stereocenters. The van der Waals surface area contributed by atoms with Crippen LogP contribution in [0.25, 0.3) is 0 Å². The zero-order chi connectivity index (χ0) is 24.4. The van der Waals surface area contributed by atoms with Gasteiger partial charge in [0.15, 0.2) is 6.23 Å². The molecule has 2 heterocycles. The van der Waals surface area contributed by atoms with Crippen LogP contribution in [0.1, 0.15) is 11.8 Å². The van der Waals surface area contributed by atoms with Gasteiger partial charge in [-0.2, -0.15) is 4.31 Å². The fourth-order valence-electron chi connectivity index (χ4n) is 3.24. The summed E-state index contributed by atoms with van der Waals surface area (Å²) in [6.07, 6.45) is -4.91. The van der Waals surface area contributed by atoms with Crippen LogP contribution < -0.4 is 11.2 Å². The molecule has 0 spiro atoms. The number of aliphatic hydroxyl groups excluding tert-OH is 2. The predicted molar refractivity (Wildman–Crippen MR) is 110 cm³/mol. The van der Waals surface area contributed by atoms with E-state index in [0.717, 1.165) is 27.0 Å². The number of ether oxygens (including phenoxy) is 1. The molecule has 3 rings (SSSR count).